The summed E-state index contributed by atoms with van der Waals surface area (Å²) < 4.78 is 28.1. The highest BCUT2D eigenvalue weighted by Gasteiger charge is 2.23. The van der Waals surface area contributed by atoms with Gasteiger partial charge in [-0.2, -0.15) is 0 Å². The van der Waals surface area contributed by atoms with Crippen LogP contribution in [-0.2, 0) is 16.4 Å². The van der Waals surface area contributed by atoms with Crippen molar-refractivity contribution in [3.63, 3.8) is 0 Å². The Morgan fingerprint density at radius 1 is 1.32 bits per heavy atom. The average molecular weight is 283 g/mol. The summed E-state index contributed by atoms with van der Waals surface area (Å²) in [5.41, 5.74) is 2.32. The Morgan fingerprint density at radius 3 is 2.63 bits per heavy atom. The lowest BCUT2D eigenvalue weighted by atomic mass is 10.1. The molecule has 0 spiro atoms. The maximum atomic E-state index is 11.4. The second kappa shape index (κ2) is 5.92. The molecule has 0 unspecified atom stereocenters. The average Bonchev–Trinajstić information content (AvgIpc) is 2.38. The Kier molecular flexibility index (Phi) is 4.47. The zero-order valence-electron chi connectivity index (χ0n) is 11.5. The number of nitrogens with one attached hydrogen (secondary N) is 1. The monoisotopic (exact) mass is 283 g/mol. The number of sulfone groups is 1. The highest BCUT2D eigenvalue weighted by Crippen LogP contribution is 2.20. The summed E-state index contributed by atoms with van der Waals surface area (Å²) in [5.74, 6) is 1.48. The lowest BCUT2D eigenvalue weighted by molar-refractivity contribution is 0.401. The van der Waals surface area contributed by atoms with Crippen LogP contribution in [0.2, 0.25) is 0 Å². The van der Waals surface area contributed by atoms with Crippen molar-refractivity contribution in [2.75, 3.05) is 18.6 Å². The van der Waals surface area contributed by atoms with Gasteiger partial charge in [-0.05, 0) is 25.8 Å². The van der Waals surface area contributed by atoms with E-state index in [1.165, 1.54) is 5.56 Å². The van der Waals surface area contributed by atoms with E-state index in [2.05, 4.69) is 18.3 Å². The zero-order valence-corrected chi connectivity index (χ0v) is 12.3. The normalized spacial score (nSPS) is 19.3. The third kappa shape index (κ3) is 3.94. The molecule has 1 aromatic rings. The summed E-state index contributed by atoms with van der Waals surface area (Å²) in [4.78, 5) is 0. The van der Waals surface area contributed by atoms with Crippen LogP contribution < -0.4 is 10.1 Å². The van der Waals surface area contributed by atoms with Crippen LogP contribution in [-0.4, -0.2) is 33.1 Å². The minimum Gasteiger partial charge on any atom is -0.496 e. The number of aryl methyl sites for hydroxylation is 1. The minimum absolute atomic E-state index is 0.286. The van der Waals surface area contributed by atoms with Crippen molar-refractivity contribution in [1.82, 2.24) is 5.32 Å². The van der Waals surface area contributed by atoms with Gasteiger partial charge in [-0.1, -0.05) is 17.7 Å². The van der Waals surface area contributed by atoms with Crippen molar-refractivity contribution in [2.45, 2.75) is 32.4 Å². The third-order valence-corrected chi connectivity index (χ3v) is 5.29. The SMILES string of the molecule is COc1ccc(C)cc1CNC1CCS(=O)(=O)CC1. The van der Waals surface area contributed by atoms with Crippen molar-refractivity contribution in [3.8, 4) is 5.75 Å². The molecule has 4 nitrogen and oxygen atoms in total. The molecule has 0 aliphatic carbocycles. The fourth-order valence-electron chi connectivity index (χ4n) is 2.39. The van der Waals surface area contributed by atoms with Gasteiger partial charge in [0.1, 0.15) is 15.6 Å². The van der Waals surface area contributed by atoms with Crippen molar-refractivity contribution in [2.24, 2.45) is 0 Å². The highest BCUT2D eigenvalue weighted by atomic mass is 32.2. The topological polar surface area (TPSA) is 55.4 Å². The van der Waals surface area contributed by atoms with E-state index < -0.39 is 9.84 Å². The second-order valence-electron chi connectivity index (χ2n) is 5.12. The van der Waals surface area contributed by atoms with Gasteiger partial charge in [0.15, 0.2) is 0 Å². The van der Waals surface area contributed by atoms with E-state index in [-0.39, 0.29) is 6.04 Å². The molecular weight excluding hydrogens is 262 g/mol. The highest BCUT2D eigenvalue weighted by molar-refractivity contribution is 7.91. The molecule has 0 aromatic heterocycles. The van der Waals surface area contributed by atoms with E-state index >= 15 is 0 Å². The molecule has 0 saturated carbocycles. The largest absolute Gasteiger partial charge is 0.496 e. The van der Waals surface area contributed by atoms with Crippen molar-refractivity contribution in [1.29, 1.82) is 0 Å². The van der Waals surface area contributed by atoms with Gasteiger partial charge in [0, 0.05) is 18.2 Å². The minimum atomic E-state index is -2.78. The van der Waals surface area contributed by atoms with Gasteiger partial charge in [-0.25, -0.2) is 8.42 Å². The predicted octanol–water partition coefficient (Wildman–Crippen LogP) is 1.67. The zero-order chi connectivity index (χ0) is 13.9. The molecule has 1 heterocycles. The van der Waals surface area contributed by atoms with Gasteiger partial charge in [-0.3, -0.25) is 0 Å². The van der Waals surface area contributed by atoms with Crippen molar-refractivity contribution < 1.29 is 13.2 Å². The van der Waals surface area contributed by atoms with E-state index in [0.29, 0.717) is 24.3 Å². The van der Waals surface area contributed by atoms with Gasteiger partial charge in [-0.15, -0.1) is 0 Å². The van der Waals surface area contributed by atoms with Crippen LogP contribution in [0, 0.1) is 6.92 Å². The molecule has 0 radical (unpaired) electrons. The number of hydrogen-bond acceptors (Lipinski definition) is 4. The molecular formula is C14H21NO3S. The molecule has 1 fully saturated rings. The Bertz CT molecular complexity index is 526. The van der Waals surface area contributed by atoms with Gasteiger partial charge >= 0.3 is 0 Å². The molecule has 1 aliphatic heterocycles. The Morgan fingerprint density at radius 2 is 2.00 bits per heavy atom. The maximum Gasteiger partial charge on any atom is 0.150 e. The molecule has 2 rings (SSSR count). The first-order chi connectivity index (χ1) is 9.00. The standard InChI is InChI=1S/C14H21NO3S/c1-11-3-4-14(18-2)12(9-11)10-15-13-5-7-19(16,17)8-6-13/h3-4,9,13,15H,5-8,10H2,1-2H3. The van der Waals surface area contributed by atoms with Crippen LogP contribution in [0.15, 0.2) is 18.2 Å². The Labute approximate surface area is 115 Å². The van der Waals surface area contributed by atoms with E-state index in [0.717, 1.165) is 17.9 Å². The molecule has 5 heteroatoms. The first-order valence-electron chi connectivity index (χ1n) is 6.57. The number of methoxy groups -OCH3 is 1. The van der Waals surface area contributed by atoms with Gasteiger partial charge in [0.05, 0.1) is 18.6 Å². The molecule has 1 saturated heterocycles. The maximum absolute atomic E-state index is 11.4. The first kappa shape index (κ1) is 14.3. The van der Waals surface area contributed by atoms with Gasteiger partial charge in [0.2, 0.25) is 0 Å². The van der Waals surface area contributed by atoms with E-state index in [4.69, 9.17) is 4.74 Å². The quantitative estimate of drug-likeness (QED) is 0.913. The smallest absolute Gasteiger partial charge is 0.150 e. The van der Waals surface area contributed by atoms with E-state index in [9.17, 15) is 8.42 Å². The van der Waals surface area contributed by atoms with Crippen molar-refractivity contribution >= 4 is 9.84 Å². The van der Waals surface area contributed by atoms with Crippen LogP contribution in [0.25, 0.3) is 0 Å². The summed E-state index contributed by atoms with van der Waals surface area (Å²) in [5, 5.41) is 3.43. The summed E-state index contributed by atoms with van der Waals surface area (Å²) in [6.45, 7) is 2.77. The third-order valence-electron chi connectivity index (χ3n) is 3.57. The first-order valence-corrected chi connectivity index (χ1v) is 8.39. The number of hydrogen-bond donors (Lipinski definition) is 1. The molecule has 0 amide bonds. The fourth-order valence-corrected chi connectivity index (χ4v) is 3.89. The molecule has 106 valence electrons. The van der Waals surface area contributed by atoms with Gasteiger partial charge < -0.3 is 10.1 Å². The number of benzene rings is 1. The molecule has 0 atom stereocenters. The fraction of sp³-hybridized carbons (Fsp3) is 0.571. The number of rotatable bonds is 4. The van der Waals surface area contributed by atoms with Crippen LogP contribution in [0.4, 0.5) is 0 Å². The van der Waals surface area contributed by atoms with Crippen LogP contribution in [0.3, 0.4) is 0 Å². The van der Waals surface area contributed by atoms with Crippen LogP contribution in [0.1, 0.15) is 24.0 Å². The molecule has 1 aliphatic rings. The summed E-state index contributed by atoms with van der Waals surface area (Å²) in [6, 6.07) is 6.38. The lowest BCUT2D eigenvalue weighted by Gasteiger charge is -2.23. The summed E-state index contributed by atoms with van der Waals surface area (Å²) in [7, 11) is -1.11. The molecule has 0 bridgehead atoms. The van der Waals surface area contributed by atoms with Crippen LogP contribution >= 0.6 is 0 Å². The van der Waals surface area contributed by atoms with Crippen LogP contribution in [0.5, 0.6) is 5.75 Å². The lowest BCUT2D eigenvalue weighted by Crippen LogP contribution is -2.37. The molecule has 1 aromatic carbocycles. The van der Waals surface area contributed by atoms with Crippen molar-refractivity contribution in [3.05, 3.63) is 29.3 Å². The second-order valence-corrected chi connectivity index (χ2v) is 7.43. The Balaban J connectivity index is 1.94. The predicted molar refractivity (Wildman–Crippen MR) is 76.2 cm³/mol. The van der Waals surface area contributed by atoms with Gasteiger partial charge in [0.25, 0.3) is 0 Å². The Hall–Kier alpha value is -1.07. The van der Waals surface area contributed by atoms with E-state index in [1.807, 2.05) is 12.1 Å². The summed E-state index contributed by atoms with van der Waals surface area (Å²) in [6.07, 6.45) is 1.41. The summed E-state index contributed by atoms with van der Waals surface area (Å²) >= 11 is 0. The number of ether oxygens (including phenoxy) is 1. The van der Waals surface area contributed by atoms with E-state index in [1.54, 1.807) is 7.11 Å². The molecule has 19 heavy (non-hydrogen) atoms. The molecule has 1 N–H and O–H groups in total.